The van der Waals surface area contributed by atoms with Gasteiger partial charge in [-0.15, -0.1) is 0 Å². The van der Waals surface area contributed by atoms with E-state index in [0.717, 1.165) is 43.8 Å². The highest BCUT2D eigenvalue weighted by Gasteiger charge is 2.54. The van der Waals surface area contributed by atoms with E-state index in [2.05, 4.69) is 11.0 Å². The molecule has 4 aliphatic carbocycles. The van der Waals surface area contributed by atoms with Crippen molar-refractivity contribution in [2.24, 2.45) is 23.7 Å². The molecule has 5 fully saturated rings. The minimum Gasteiger partial charge on any atom is -0.381 e. The van der Waals surface area contributed by atoms with Crippen LogP contribution in [0.2, 0.25) is 0 Å². The number of nitriles is 1. The summed E-state index contributed by atoms with van der Waals surface area (Å²) in [5.74, 6) is 3.35. The molecule has 5 aliphatic rings. The Hall–Kier alpha value is -1.08. The SMILES string of the molecule is N#CCCN(C(=O)CC[C@@H]1CCOC1)C12CC3CC(CC(C3)C1)C2. The summed E-state index contributed by atoms with van der Waals surface area (Å²) in [6.45, 7) is 2.32. The summed E-state index contributed by atoms with van der Waals surface area (Å²) >= 11 is 0. The van der Waals surface area contributed by atoms with E-state index < -0.39 is 0 Å². The predicted molar refractivity (Wildman–Crippen MR) is 91.0 cm³/mol. The lowest BCUT2D eigenvalue weighted by Gasteiger charge is -2.60. The molecule has 4 saturated carbocycles. The Bertz CT molecular complexity index is 483. The summed E-state index contributed by atoms with van der Waals surface area (Å²) in [5.41, 5.74) is 0.0921. The molecule has 0 aromatic carbocycles. The smallest absolute Gasteiger partial charge is 0.223 e. The van der Waals surface area contributed by atoms with E-state index >= 15 is 0 Å². The number of carbonyl (C=O) groups is 1. The molecule has 4 bridgehead atoms. The third-order valence-electron chi connectivity index (χ3n) is 7.12. The van der Waals surface area contributed by atoms with Crippen molar-refractivity contribution >= 4 is 5.91 Å². The van der Waals surface area contributed by atoms with Gasteiger partial charge in [-0.1, -0.05) is 0 Å². The second-order valence-electron chi connectivity index (χ2n) is 8.86. The number of ether oxygens (including phenoxy) is 1. The third-order valence-corrected chi connectivity index (χ3v) is 7.12. The predicted octanol–water partition coefficient (Wildman–Crippen LogP) is 3.51. The first-order valence-corrected chi connectivity index (χ1v) is 9.94. The zero-order valence-electron chi connectivity index (χ0n) is 14.7. The molecule has 1 amide bonds. The van der Waals surface area contributed by atoms with Crippen LogP contribution in [0.15, 0.2) is 0 Å². The first kappa shape index (κ1) is 16.4. The molecule has 1 heterocycles. The van der Waals surface area contributed by atoms with E-state index in [9.17, 15) is 4.79 Å². The maximum atomic E-state index is 13.1. The van der Waals surface area contributed by atoms with Crippen LogP contribution in [0.5, 0.6) is 0 Å². The standard InChI is InChI=1S/C20H30N2O2/c21-5-1-6-22(19(23)3-2-15-4-7-24-14-15)20-11-16-8-17(12-20)10-18(9-16)13-20/h15-18H,1-4,6-14H2/t15-,16?,17?,18?,20?/m1/s1. The molecule has 4 heteroatoms. The van der Waals surface area contributed by atoms with Gasteiger partial charge in [0.05, 0.1) is 12.5 Å². The lowest BCUT2D eigenvalue weighted by Crippen LogP contribution is -2.61. The monoisotopic (exact) mass is 330 g/mol. The Balaban J connectivity index is 1.46. The normalized spacial score (nSPS) is 39.8. The largest absolute Gasteiger partial charge is 0.381 e. The Morgan fingerprint density at radius 3 is 2.38 bits per heavy atom. The third kappa shape index (κ3) is 3.08. The molecule has 1 atom stereocenters. The van der Waals surface area contributed by atoms with E-state index in [0.29, 0.717) is 31.2 Å². The fraction of sp³-hybridized carbons (Fsp3) is 0.900. The summed E-state index contributed by atoms with van der Waals surface area (Å²) in [5, 5.41) is 9.08. The van der Waals surface area contributed by atoms with Gasteiger partial charge < -0.3 is 9.64 Å². The van der Waals surface area contributed by atoms with Crippen molar-refractivity contribution < 1.29 is 9.53 Å². The minimum atomic E-state index is 0.0921. The van der Waals surface area contributed by atoms with Crippen molar-refractivity contribution in [3.05, 3.63) is 0 Å². The first-order chi connectivity index (χ1) is 11.7. The van der Waals surface area contributed by atoms with Crippen LogP contribution in [0.3, 0.4) is 0 Å². The van der Waals surface area contributed by atoms with Crippen molar-refractivity contribution in [3.8, 4) is 6.07 Å². The van der Waals surface area contributed by atoms with E-state index in [-0.39, 0.29) is 5.54 Å². The van der Waals surface area contributed by atoms with E-state index in [4.69, 9.17) is 10.00 Å². The second-order valence-corrected chi connectivity index (χ2v) is 8.86. The molecule has 0 N–H and O–H groups in total. The fourth-order valence-corrected chi connectivity index (χ4v) is 6.46. The van der Waals surface area contributed by atoms with Crippen molar-refractivity contribution in [3.63, 3.8) is 0 Å². The zero-order valence-corrected chi connectivity index (χ0v) is 14.7. The molecular weight excluding hydrogens is 300 g/mol. The molecule has 24 heavy (non-hydrogen) atoms. The van der Waals surface area contributed by atoms with Gasteiger partial charge in [0, 0.05) is 31.7 Å². The summed E-state index contributed by atoms with van der Waals surface area (Å²) in [4.78, 5) is 15.3. The zero-order chi connectivity index (χ0) is 16.6. The van der Waals surface area contributed by atoms with Gasteiger partial charge in [-0.25, -0.2) is 0 Å². The maximum absolute atomic E-state index is 13.1. The molecule has 132 valence electrons. The first-order valence-electron chi connectivity index (χ1n) is 9.94. The average Bonchev–Trinajstić information content (AvgIpc) is 3.05. The highest BCUT2D eigenvalue weighted by atomic mass is 16.5. The van der Waals surface area contributed by atoms with Crippen LogP contribution in [-0.4, -0.2) is 36.1 Å². The Morgan fingerprint density at radius 1 is 1.17 bits per heavy atom. The molecule has 1 aliphatic heterocycles. The molecule has 4 nitrogen and oxygen atoms in total. The summed E-state index contributed by atoms with van der Waals surface area (Å²) in [6, 6.07) is 2.27. The number of hydrogen-bond acceptors (Lipinski definition) is 3. The fourth-order valence-electron chi connectivity index (χ4n) is 6.46. The lowest BCUT2D eigenvalue weighted by molar-refractivity contribution is -0.151. The summed E-state index contributed by atoms with van der Waals surface area (Å²) in [6.07, 6.45) is 10.9. The molecule has 0 aromatic heterocycles. The number of rotatable bonds is 6. The van der Waals surface area contributed by atoms with Gasteiger partial charge in [-0.3, -0.25) is 4.79 Å². The van der Waals surface area contributed by atoms with Gasteiger partial charge in [-0.2, -0.15) is 5.26 Å². The molecule has 0 aromatic rings. The van der Waals surface area contributed by atoms with E-state index in [1.807, 2.05) is 0 Å². The van der Waals surface area contributed by atoms with Gasteiger partial charge in [0.15, 0.2) is 0 Å². The van der Waals surface area contributed by atoms with Gasteiger partial charge in [0.2, 0.25) is 5.91 Å². The number of hydrogen-bond donors (Lipinski definition) is 0. The Labute approximate surface area is 145 Å². The molecule has 0 radical (unpaired) electrons. The number of carbonyl (C=O) groups excluding carboxylic acids is 1. The molecule has 0 unspecified atom stereocenters. The average molecular weight is 330 g/mol. The molecular formula is C20H30N2O2. The van der Waals surface area contributed by atoms with Gasteiger partial charge >= 0.3 is 0 Å². The van der Waals surface area contributed by atoms with Crippen LogP contribution in [-0.2, 0) is 9.53 Å². The molecule has 1 saturated heterocycles. The summed E-state index contributed by atoms with van der Waals surface area (Å²) in [7, 11) is 0. The van der Waals surface area contributed by atoms with Crippen LogP contribution >= 0.6 is 0 Å². The van der Waals surface area contributed by atoms with E-state index in [1.54, 1.807) is 0 Å². The van der Waals surface area contributed by atoms with Crippen molar-refractivity contribution in [1.29, 1.82) is 5.26 Å². The van der Waals surface area contributed by atoms with Crippen molar-refractivity contribution in [1.82, 2.24) is 4.90 Å². The maximum Gasteiger partial charge on any atom is 0.223 e. The van der Waals surface area contributed by atoms with Crippen molar-refractivity contribution in [2.75, 3.05) is 19.8 Å². The highest BCUT2D eigenvalue weighted by Crippen LogP contribution is 2.58. The Kier molecular flexibility index (Phi) is 4.56. The van der Waals surface area contributed by atoms with Crippen LogP contribution < -0.4 is 0 Å². The number of amides is 1. The van der Waals surface area contributed by atoms with Gasteiger partial charge in [-0.05, 0) is 75.0 Å². The van der Waals surface area contributed by atoms with Gasteiger partial charge in [0.1, 0.15) is 0 Å². The lowest BCUT2D eigenvalue weighted by atomic mass is 9.52. The Morgan fingerprint density at radius 2 is 1.83 bits per heavy atom. The van der Waals surface area contributed by atoms with E-state index in [1.165, 1.54) is 38.5 Å². The van der Waals surface area contributed by atoms with Gasteiger partial charge in [0.25, 0.3) is 0 Å². The number of nitrogens with zero attached hydrogens (tertiary/aromatic N) is 2. The van der Waals surface area contributed by atoms with Crippen LogP contribution in [0.25, 0.3) is 0 Å². The van der Waals surface area contributed by atoms with Crippen LogP contribution in [0.4, 0.5) is 0 Å². The summed E-state index contributed by atoms with van der Waals surface area (Å²) < 4.78 is 5.45. The quantitative estimate of drug-likeness (QED) is 0.749. The second kappa shape index (κ2) is 6.67. The van der Waals surface area contributed by atoms with Crippen LogP contribution in [0, 0.1) is 35.0 Å². The minimum absolute atomic E-state index is 0.0921. The molecule has 5 rings (SSSR count). The van der Waals surface area contributed by atoms with Crippen molar-refractivity contribution in [2.45, 2.75) is 69.7 Å². The topological polar surface area (TPSA) is 53.3 Å². The van der Waals surface area contributed by atoms with Crippen LogP contribution in [0.1, 0.15) is 64.2 Å². The highest BCUT2D eigenvalue weighted by molar-refractivity contribution is 5.77. The molecule has 0 spiro atoms.